The molecule has 35 heavy (non-hydrogen) atoms. The second kappa shape index (κ2) is 9.96. The number of rotatable bonds is 9. The van der Waals surface area contributed by atoms with Gasteiger partial charge in [0, 0.05) is 12.3 Å². The third kappa shape index (κ3) is 5.92. The molecule has 0 bridgehead atoms. The van der Waals surface area contributed by atoms with E-state index in [9.17, 15) is 18.0 Å². The van der Waals surface area contributed by atoms with E-state index in [1.54, 1.807) is 29.0 Å². The topological polar surface area (TPSA) is 110 Å². The predicted molar refractivity (Wildman–Crippen MR) is 121 cm³/mol. The Morgan fingerprint density at radius 3 is 2.77 bits per heavy atom. The molecule has 0 saturated carbocycles. The van der Waals surface area contributed by atoms with Gasteiger partial charge in [-0.1, -0.05) is 20.3 Å². The number of carbonyl (C=O) groups is 1. The third-order valence-electron chi connectivity index (χ3n) is 5.58. The number of halogens is 3. The molecule has 1 amide bonds. The van der Waals surface area contributed by atoms with Gasteiger partial charge in [-0.2, -0.15) is 18.3 Å². The molecule has 1 aromatic carbocycles. The zero-order valence-corrected chi connectivity index (χ0v) is 19.5. The molecule has 4 rings (SSSR count). The van der Waals surface area contributed by atoms with Crippen LogP contribution in [0.25, 0.3) is 22.9 Å². The number of hydrogen-bond acceptors (Lipinski definition) is 6. The highest BCUT2D eigenvalue weighted by molar-refractivity contribution is 5.79. The molecule has 0 spiro atoms. The largest absolute Gasteiger partial charge is 0.491 e. The molecule has 2 N–H and O–H groups in total. The van der Waals surface area contributed by atoms with Crippen molar-refractivity contribution in [3.05, 3.63) is 30.7 Å². The Morgan fingerprint density at radius 1 is 1.26 bits per heavy atom. The van der Waals surface area contributed by atoms with Gasteiger partial charge >= 0.3 is 6.18 Å². The highest BCUT2D eigenvalue weighted by Gasteiger charge is 2.31. The molecule has 1 unspecified atom stereocenters. The van der Waals surface area contributed by atoms with Crippen LogP contribution in [0.15, 0.2) is 30.7 Å². The van der Waals surface area contributed by atoms with E-state index in [-0.39, 0.29) is 11.5 Å². The fraction of sp³-hybridized carbons (Fsp3) is 0.478. The number of fused-ring (bicyclic) bond motifs is 3. The number of primary amides is 1. The minimum atomic E-state index is -4.44. The van der Waals surface area contributed by atoms with Gasteiger partial charge in [-0.05, 0) is 30.9 Å². The summed E-state index contributed by atoms with van der Waals surface area (Å²) in [7, 11) is 0. The second-order valence-electron chi connectivity index (χ2n) is 8.84. The lowest BCUT2D eigenvalue weighted by molar-refractivity contribution is -0.142. The fourth-order valence-electron chi connectivity index (χ4n) is 3.93. The molecule has 1 aliphatic rings. The van der Waals surface area contributed by atoms with Crippen LogP contribution < -0.4 is 15.2 Å². The Hall–Kier alpha value is -3.57. The van der Waals surface area contributed by atoms with Crippen LogP contribution in [-0.2, 0) is 17.9 Å². The molecular weight excluding hydrogens is 465 g/mol. The van der Waals surface area contributed by atoms with Crippen molar-refractivity contribution in [2.45, 2.75) is 58.5 Å². The SMILES string of the molecule is CC(C)CCCC(Oc1ccc2c(c1)OCCn1cc(-c3ncnn3CC(F)(F)F)nc1-2)C(N)=O. The number of imidazole rings is 1. The number of carbonyl (C=O) groups excluding carboxylic acids is 1. The number of alkyl halides is 3. The lowest BCUT2D eigenvalue weighted by atomic mass is 10.0. The Labute approximate surface area is 200 Å². The van der Waals surface area contributed by atoms with Crippen LogP contribution in [0.3, 0.4) is 0 Å². The van der Waals surface area contributed by atoms with E-state index in [1.807, 2.05) is 0 Å². The van der Waals surface area contributed by atoms with Gasteiger partial charge in [0.05, 0.1) is 12.1 Å². The van der Waals surface area contributed by atoms with Crippen molar-refractivity contribution in [2.75, 3.05) is 6.61 Å². The number of nitrogens with two attached hydrogens (primary N) is 1. The number of amides is 1. The number of benzene rings is 1. The average molecular weight is 493 g/mol. The van der Waals surface area contributed by atoms with Gasteiger partial charge < -0.3 is 19.8 Å². The summed E-state index contributed by atoms with van der Waals surface area (Å²) in [5.74, 6) is 1.44. The Balaban J connectivity index is 1.58. The monoisotopic (exact) mass is 492 g/mol. The van der Waals surface area contributed by atoms with E-state index < -0.39 is 24.7 Å². The Kier molecular flexibility index (Phi) is 6.99. The second-order valence-corrected chi connectivity index (χ2v) is 8.84. The molecule has 1 aliphatic heterocycles. The van der Waals surface area contributed by atoms with Gasteiger partial charge in [0.2, 0.25) is 0 Å². The number of hydrogen-bond donors (Lipinski definition) is 1. The normalized spacial score (nSPS) is 14.1. The van der Waals surface area contributed by atoms with E-state index in [0.29, 0.717) is 48.4 Å². The number of aromatic nitrogens is 5. The molecule has 0 saturated heterocycles. The fourth-order valence-corrected chi connectivity index (χ4v) is 3.93. The highest BCUT2D eigenvalue weighted by atomic mass is 19.4. The lowest BCUT2D eigenvalue weighted by Crippen LogP contribution is -2.33. The van der Waals surface area contributed by atoms with Crippen LogP contribution in [0.1, 0.15) is 33.1 Å². The summed E-state index contributed by atoms with van der Waals surface area (Å²) in [6, 6.07) is 5.10. The summed E-state index contributed by atoms with van der Waals surface area (Å²) >= 11 is 0. The first kappa shape index (κ1) is 24.6. The summed E-state index contributed by atoms with van der Waals surface area (Å²) in [5.41, 5.74) is 6.44. The van der Waals surface area contributed by atoms with Crippen LogP contribution in [0, 0.1) is 5.92 Å². The highest BCUT2D eigenvalue weighted by Crippen LogP contribution is 2.36. The van der Waals surface area contributed by atoms with Crippen LogP contribution in [0.4, 0.5) is 13.2 Å². The van der Waals surface area contributed by atoms with E-state index >= 15 is 0 Å². The molecule has 3 aromatic rings. The van der Waals surface area contributed by atoms with Gasteiger partial charge in [0.1, 0.15) is 42.5 Å². The first-order valence-electron chi connectivity index (χ1n) is 11.4. The van der Waals surface area contributed by atoms with Crippen LogP contribution >= 0.6 is 0 Å². The van der Waals surface area contributed by atoms with Crippen LogP contribution in [0.5, 0.6) is 11.5 Å². The van der Waals surface area contributed by atoms with E-state index in [4.69, 9.17) is 15.2 Å². The summed E-state index contributed by atoms with van der Waals surface area (Å²) in [4.78, 5) is 20.4. The molecule has 9 nitrogen and oxygen atoms in total. The first-order valence-corrected chi connectivity index (χ1v) is 11.4. The minimum Gasteiger partial charge on any atom is -0.491 e. The van der Waals surface area contributed by atoms with Crippen molar-refractivity contribution < 1.29 is 27.4 Å². The van der Waals surface area contributed by atoms with Crippen LogP contribution in [0.2, 0.25) is 0 Å². The zero-order chi connectivity index (χ0) is 25.2. The van der Waals surface area contributed by atoms with Gasteiger partial charge in [0.25, 0.3) is 5.91 Å². The van der Waals surface area contributed by atoms with Gasteiger partial charge in [-0.25, -0.2) is 14.6 Å². The standard InChI is InChI=1S/C23H27F3N6O3/c1-14(2)4-3-5-18(20(27)33)35-15-6-7-16-19(10-15)34-9-8-31-11-17(30-21(16)31)22-28-13-29-32(22)12-23(24,25)26/h6-7,10-11,13-14,18H,3-5,8-9,12H2,1-2H3,(H2,27,33). The van der Waals surface area contributed by atoms with E-state index in [1.165, 1.54) is 0 Å². The summed E-state index contributed by atoms with van der Waals surface area (Å²) in [6.07, 6.45) is -0.207. The van der Waals surface area contributed by atoms with Crippen molar-refractivity contribution in [1.29, 1.82) is 0 Å². The Morgan fingerprint density at radius 2 is 2.06 bits per heavy atom. The van der Waals surface area contributed by atoms with E-state index in [0.717, 1.165) is 23.9 Å². The van der Waals surface area contributed by atoms with Crippen molar-refractivity contribution in [3.63, 3.8) is 0 Å². The average Bonchev–Trinajstić information content (AvgIpc) is 3.34. The maximum atomic E-state index is 12.9. The molecule has 2 aromatic heterocycles. The molecule has 12 heteroatoms. The summed E-state index contributed by atoms with van der Waals surface area (Å²) in [6.45, 7) is 3.70. The third-order valence-corrected chi connectivity index (χ3v) is 5.58. The molecule has 0 aliphatic carbocycles. The van der Waals surface area contributed by atoms with Crippen LogP contribution in [-0.4, -0.2) is 49.1 Å². The maximum absolute atomic E-state index is 12.9. The predicted octanol–water partition coefficient (Wildman–Crippen LogP) is 3.82. The van der Waals surface area contributed by atoms with Gasteiger partial charge in [-0.15, -0.1) is 0 Å². The van der Waals surface area contributed by atoms with E-state index in [2.05, 4.69) is 28.9 Å². The summed E-state index contributed by atoms with van der Waals surface area (Å²) < 4.78 is 53.0. The van der Waals surface area contributed by atoms with Crippen molar-refractivity contribution in [1.82, 2.24) is 24.3 Å². The number of ether oxygens (including phenoxy) is 2. The lowest BCUT2D eigenvalue weighted by Gasteiger charge is -2.17. The van der Waals surface area contributed by atoms with Gasteiger partial charge in [0.15, 0.2) is 11.9 Å². The van der Waals surface area contributed by atoms with Gasteiger partial charge in [-0.3, -0.25) is 4.79 Å². The van der Waals surface area contributed by atoms with Crippen molar-refractivity contribution in [3.8, 4) is 34.4 Å². The molecule has 3 heterocycles. The molecule has 1 atom stereocenters. The minimum absolute atomic E-state index is 0.0241. The zero-order valence-electron chi connectivity index (χ0n) is 19.5. The molecular formula is C23H27F3N6O3. The number of nitrogens with zero attached hydrogens (tertiary/aromatic N) is 5. The molecule has 188 valence electrons. The smallest absolute Gasteiger partial charge is 0.408 e. The van der Waals surface area contributed by atoms with Crippen molar-refractivity contribution in [2.24, 2.45) is 11.7 Å². The maximum Gasteiger partial charge on any atom is 0.408 e. The van der Waals surface area contributed by atoms with Crippen molar-refractivity contribution >= 4 is 5.91 Å². The quantitative estimate of drug-likeness (QED) is 0.486. The molecule has 0 radical (unpaired) electrons. The first-order chi connectivity index (χ1) is 16.6. The summed E-state index contributed by atoms with van der Waals surface area (Å²) in [5, 5.41) is 3.69. The Bertz CT molecular complexity index is 1190. The molecule has 0 fully saturated rings.